The van der Waals surface area contributed by atoms with E-state index in [2.05, 4.69) is 42.3 Å². The van der Waals surface area contributed by atoms with Gasteiger partial charge in [-0.1, -0.05) is 13.3 Å². The van der Waals surface area contributed by atoms with E-state index in [1.807, 2.05) is 12.4 Å². The van der Waals surface area contributed by atoms with E-state index in [4.69, 9.17) is 0 Å². The molecule has 0 radical (unpaired) electrons. The molecule has 0 aromatic carbocycles. The van der Waals surface area contributed by atoms with Gasteiger partial charge in [0.2, 0.25) is 0 Å². The molecule has 1 aromatic rings. The Balaban J connectivity index is 2.04. The third-order valence-electron chi connectivity index (χ3n) is 3.76. The molecule has 2 rings (SSSR count). The van der Waals surface area contributed by atoms with Gasteiger partial charge >= 0.3 is 0 Å². The van der Waals surface area contributed by atoms with Gasteiger partial charge in [-0.3, -0.25) is 4.98 Å². The van der Waals surface area contributed by atoms with Crippen LogP contribution in [0.4, 0.5) is 11.4 Å². The molecule has 94 valence electrons. The predicted octanol–water partition coefficient (Wildman–Crippen LogP) is 3.14. The number of nitrogens with zero attached hydrogens (tertiary/aromatic N) is 2. The Hall–Kier alpha value is -1.25. The van der Waals surface area contributed by atoms with Crippen molar-refractivity contribution in [2.24, 2.45) is 5.92 Å². The van der Waals surface area contributed by atoms with Gasteiger partial charge < -0.3 is 10.2 Å². The summed E-state index contributed by atoms with van der Waals surface area (Å²) in [5.74, 6) is 0.909. The Kier molecular flexibility index (Phi) is 3.87. The second kappa shape index (κ2) is 5.39. The molecule has 3 nitrogen and oxygen atoms in total. The first kappa shape index (κ1) is 12.2. The summed E-state index contributed by atoms with van der Waals surface area (Å²) >= 11 is 0. The smallest absolute Gasteiger partial charge is 0.0766 e. The van der Waals surface area contributed by atoms with Crippen LogP contribution in [-0.2, 0) is 0 Å². The molecule has 0 amide bonds. The van der Waals surface area contributed by atoms with Gasteiger partial charge in [0.05, 0.1) is 17.6 Å². The second-order valence-electron chi connectivity index (χ2n) is 5.22. The number of hydrogen-bond donors (Lipinski definition) is 1. The van der Waals surface area contributed by atoms with Gasteiger partial charge in [-0.15, -0.1) is 0 Å². The highest BCUT2D eigenvalue weighted by atomic mass is 15.1. The first-order valence-corrected chi connectivity index (χ1v) is 6.58. The third kappa shape index (κ3) is 2.90. The zero-order chi connectivity index (χ0) is 12.3. The molecule has 0 spiro atoms. The van der Waals surface area contributed by atoms with Crippen molar-refractivity contribution < 1.29 is 0 Å². The van der Waals surface area contributed by atoms with Gasteiger partial charge in [0, 0.05) is 26.3 Å². The minimum Gasteiger partial charge on any atom is -0.379 e. The molecule has 1 saturated carbocycles. The van der Waals surface area contributed by atoms with Crippen molar-refractivity contribution in [3.8, 4) is 0 Å². The molecule has 0 bridgehead atoms. The number of rotatable bonds is 4. The van der Waals surface area contributed by atoms with Crippen LogP contribution >= 0.6 is 0 Å². The number of hydrogen-bond acceptors (Lipinski definition) is 3. The fourth-order valence-electron chi connectivity index (χ4n) is 2.69. The largest absolute Gasteiger partial charge is 0.379 e. The van der Waals surface area contributed by atoms with E-state index >= 15 is 0 Å². The number of aromatic nitrogens is 1. The Morgan fingerprint density at radius 3 is 2.88 bits per heavy atom. The van der Waals surface area contributed by atoms with E-state index in [9.17, 15) is 0 Å². The molecule has 2 unspecified atom stereocenters. The van der Waals surface area contributed by atoms with Gasteiger partial charge in [-0.05, 0) is 31.2 Å². The van der Waals surface area contributed by atoms with Crippen LogP contribution in [0.5, 0.6) is 0 Å². The van der Waals surface area contributed by atoms with E-state index in [1.54, 1.807) is 0 Å². The quantitative estimate of drug-likeness (QED) is 0.866. The third-order valence-corrected chi connectivity index (χ3v) is 3.76. The number of pyridine rings is 1. The summed E-state index contributed by atoms with van der Waals surface area (Å²) in [6.45, 7) is 2.29. The topological polar surface area (TPSA) is 28.2 Å². The molecule has 1 fully saturated rings. The maximum absolute atomic E-state index is 4.22. The van der Waals surface area contributed by atoms with Gasteiger partial charge in [-0.25, -0.2) is 0 Å². The fraction of sp³-hybridized carbons (Fsp3) is 0.643. The van der Waals surface area contributed by atoms with Crippen LogP contribution in [0.15, 0.2) is 18.5 Å². The van der Waals surface area contributed by atoms with Crippen molar-refractivity contribution in [2.45, 2.75) is 38.6 Å². The molecule has 0 aliphatic heterocycles. The lowest BCUT2D eigenvalue weighted by atomic mass is 10.1. The van der Waals surface area contributed by atoms with Gasteiger partial charge in [0.25, 0.3) is 0 Å². The highest BCUT2D eigenvalue weighted by molar-refractivity contribution is 5.68. The van der Waals surface area contributed by atoms with E-state index < -0.39 is 0 Å². The standard InChI is InChI=1S/C14H23N3/c1-4-11-5-6-12(9-11)16-13-10-15-8-7-14(13)17(2)3/h7-8,10-12,16H,4-6,9H2,1-3H3. The predicted molar refractivity (Wildman–Crippen MR) is 73.6 cm³/mol. The van der Waals surface area contributed by atoms with Crippen LogP contribution in [0.2, 0.25) is 0 Å². The number of anilines is 2. The molecule has 1 aliphatic rings. The van der Waals surface area contributed by atoms with E-state index in [0.29, 0.717) is 6.04 Å². The summed E-state index contributed by atoms with van der Waals surface area (Å²) in [7, 11) is 4.15. The first-order chi connectivity index (χ1) is 8.20. The highest BCUT2D eigenvalue weighted by Gasteiger charge is 2.23. The van der Waals surface area contributed by atoms with Gasteiger partial charge in [0.1, 0.15) is 0 Å². The molecule has 0 saturated heterocycles. The van der Waals surface area contributed by atoms with E-state index in [1.165, 1.54) is 37.1 Å². The summed E-state index contributed by atoms with van der Waals surface area (Å²) in [4.78, 5) is 6.35. The van der Waals surface area contributed by atoms with Crippen molar-refractivity contribution in [2.75, 3.05) is 24.3 Å². The summed E-state index contributed by atoms with van der Waals surface area (Å²) in [6, 6.07) is 2.69. The molecule has 2 atom stereocenters. The lowest BCUT2D eigenvalue weighted by Crippen LogP contribution is -2.19. The summed E-state index contributed by atoms with van der Waals surface area (Å²) < 4.78 is 0. The van der Waals surface area contributed by atoms with Crippen molar-refractivity contribution >= 4 is 11.4 Å². The van der Waals surface area contributed by atoms with Crippen molar-refractivity contribution in [1.82, 2.24) is 4.98 Å². The van der Waals surface area contributed by atoms with E-state index in [0.717, 1.165) is 5.92 Å². The molecule has 1 aromatic heterocycles. The maximum atomic E-state index is 4.22. The summed E-state index contributed by atoms with van der Waals surface area (Å²) in [6.07, 6.45) is 9.06. The minimum absolute atomic E-state index is 0.628. The minimum atomic E-state index is 0.628. The molecule has 17 heavy (non-hydrogen) atoms. The fourth-order valence-corrected chi connectivity index (χ4v) is 2.69. The highest BCUT2D eigenvalue weighted by Crippen LogP contribution is 2.32. The Bertz CT molecular complexity index is 362. The van der Waals surface area contributed by atoms with Crippen LogP contribution in [0.25, 0.3) is 0 Å². The van der Waals surface area contributed by atoms with Crippen molar-refractivity contribution in [3.63, 3.8) is 0 Å². The molecule has 1 heterocycles. The zero-order valence-corrected chi connectivity index (χ0v) is 11.1. The van der Waals surface area contributed by atoms with Crippen LogP contribution < -0.4 is 10.2 Å². The lowest BCUT2D eigenvalue weighted by Gasteiger charge is -2.21. The zero-order valence-electron chi connectivity index (χ0n) is 11.1. The van der Waals surface area contributed by atoms with Crippen molar-refractivity contribution in [1.29, 1.82) is 0 Å². The Morgan fingerprint density at radius 1 is 1.41 bits per heavy atom. The SMILES string of the molecule is CCC1CCC(Nc2cnccc2N(C)C)C1. The first-order valence-electron chi connectivity index (χ1n) is 6.58. The Morgan fingerprint density at radius 2 is 2.24 bits per heavy atom. The lowest BCUT2D eigenvalue weighted by molar-refractivity contribution is 0.525. The van der Waals surface area contributed by atoms with Crippen LogP contribution in [-0.4, -0.2) is 25.1 Å². The summed E-state index contributed by atoms with van der Waals surface area (Å²) in [5, 5.41) is 3.65. The molecular formula is C14H23N3. The molecule has 1 aliphatic carbocycles. The van der Waals surface area contributed by atoms with E-state index in [-0.39, 0.29) is 0 Å². The van der Waals surface area contributed by atoms with Gasteiger partial charge in [0.15, 0.2) is 0 Å². The van der Waals surface area contributed by atoms with Gasteiger partial charge in [-0.2, -0.15) is 0 Å². The molecular weight excluding hydrogens is 210 g/mol. The number of nitrogens with one attached hydrogen (secondary N) is 1. The maximum Gasteiger partial charge on any atom is 0.0766 e. The van der Waals surface area contributed by atoms with Crippen LogP contribution in [0.3, 0.4) is 0 Å². The normalized spacial score (nSPS) is 23.7. The van der Waals surface area contributed by atoms with Crippen molar-refractivity contribution in [3.05, 3.63) is 18.5 Å². The average molecular weight is 233 g/mol. The second-order valence-corrected chi connectivity index (χ2v) is 5.22. The van der Waals surface area contributed by atoms with Crippen LogP contribution in [0.1, 0.15) is 32.6 Å². The molecule has 3 heteroatoms. The molecule has 1 N–H and O–H groups in total. The Labute approximate surface area is 104 Å². The monoisotopic (exact) mass is 233 g/mol. The average Bonchev–Trinajstić information content (AvgIpc) is 2.77. The van der Waals surface area contributed by atoms with Crippen LogP contribution in [0, 0.1) is 5.92 Å². The summed E-state index contributed by atoms with van der Waals surface area (Å²) in [5.41, 5.74) is 2.39.